The second kappa shape index (κ2) is 11.7. The molecule has 0 atom stereocenters. The van der Waals surface area contributed by atoms with E-state index >= 15 is 0 Å². The van der Waals surface area contributed by atoms with Crippen molar-refractivity contribution >= 4 is 29.6 Å². The van der Waals surface area contributed by atoms with E-state index in [0.29, 0.717) is 13.0 Å². The molecule has 1 aliphatic rings. The highest BCUT2D eigenvalue weighted by atomic mass is 32.2. The normalized spacial score (nSPS) is 15.2. The summed E-state index contributed by atoms with van der Waals surface area (Å²) < 4.78 is 8.25. The van der Waals surface area contributed by atoms with Crippen LogP contribution >= 0.6 is 23.7 Å². The zero-order chi connectivity index (χ0) is 21.3. The quantitative estimate of drug-likeness (QED) is 0.315. The first-order valence-corrected chi connectivity index (χ1v) is 12.6. The van der Waals surface area contributed by atoms with Gasteiger partial charge in [-0.2, -0.15) is 0 Å². The van der Waals surface area contributed by atoms with Crippen molar-refractivity contribution in [2.24, 2.45) is 0 Å². The first-order chi connectivity index (χ1) is 14.5. The van der Waals surface area contributed by atoms with Crippen LogP contribution in [-0.4, -0.2) is 42.2 Å². The van der Waals surface area contributed by atoms with Crippen molar-refractivity contribution < 1.29 is 9.53 Å². The lowest BCUT2D eigenvalue weighted by Crippen LogP contribution is -2.42. The highest BCUT2D eigenvalue weighted by molar-refractivity contribution is 7.98. The summed E-state index contributed by atoms with van der Waals surface area (Å²) in [6.07, 6.45) is 5.35. The van der Waals surface area contributed by atoms with Crippen molar-refractivity contribution in [1.82, 2.24) is 9.62 Å². The number of carbonyl (C=O) groups excluding carboxylic acids is 1. The van der Waals surface area contributed by atoms with Gasteiger partial charge in [-0.15, -0.1) is 11.8 Å². The molecule has 0 radical (unpaired) electrons. The molecule has 0 spiro atoms. The van der Waals surface area contributed by atoms with Gasteiger partial charge in [0.2, 0.25) is 5.91 Å². The fourth-order valence-corrected chi connectivity index (χ4v) is 4.81. The molecule has 1 amide bonds. The highest BCUT2D eigenvalue weighted by Crippen LogP contribution is 2.28. The van der Waals surface area contributed by atoms with Crippen molar-refractivity contribution in [2.75, 3.05) is 26.0 Å². The Hall–Kier alpha value is -1.63. The van der Waals surface area contributed by atoms with Crippen molar-refractivity contribution in [2.45, 2.75) is 55.4 Å². The lowest BCUT2D eigenvalue weighted by atomic mass is 10.1. The van der Waals surface area contributed by atoms with E-state index in [1.807, 2.05) is 18.9 Å². The third kappa shape index (κ3) is 7.25. The van der Waals surface area contributed by atoms with Crippen molar-refractivity contribution in [3.63, 3.8) is 0 Å². The van der Waals surface area contributed by atoms with Crippen LogP contribution in [0.3, 0.4) is 0 Å². The molecule has 6 heteroatoms. The predicted octanol–water partition coefficient (Wildman–Crippen LogP) is 5.47. The molecule has 2 aromatic carbocycles. The highest BCUT2D eigenvalue weighted by Gasteiger charge is 2.21. The number of ether oxygens (including phenoxy) is 1. The standard InChI is InChI=1S/C24H32N2O2S2/c1-18-6-7-19(2)23(17-18)28-16-4-5-24(27)25-20-12-14-26(15-13-20)30-22-10-8-21(29-3)9-11-22/h6-11,17,20H,4-5,12-16H2,1-3H3,(H,25,27). The zero-order valence-corrected chi connectivity index (χ0v) is 19.8. The second-order valence-corrected chi connectivity index (χ2v) is 9.81. The molecule has 1 N–H and O–H groups in total. The summed E-state index contributed by atoms with van der Waals surface area (Å²) in [6.45, 7) is 6.67. The third-order valence-electron chi connectivity index (χ3n) is 5.26. The SMILES string of the molecule is CSc1ccc(SN2CCC(NC(=O)CCCOc3cc(C)ccc3C)CC2)cc1. The van der Waals surface area contributed by atoms with Crippen LogP contribution in [0.15, 0.2) is 52.3 Å². The van der Waals surface area contributed by atoms with Crippen molar-refractivity contribution in [3.05, 3.63) is 53.6 Å². The van der Waals surface area contributed by atoms with Gasteiger partial charge in [0.15, 0.2) is 0 Å². The summed E-state index contributed by atoms with van der Waals surface area (Å²) in [5.41, 5.74) is 2.32. The van der Waals surface area contributed by atoms with Crippen LogP contribution in [0, 0.1) is 13.8 Å². The van der Waals surface area contributed by atoms with E-state index in [-0.39, 0.29) is 11.9 Å². The first-order valence-electron chi connectivity index (χ1n) is 10.6. The van der Waals surface area contributed by atoms with E-state index in [1.165, 1.54) is 15.4 Å². The molecule has 30 heavy (non-hydrogen) atoms. The third-order valence-corrected chi connectivity index (χ3v) is 7.11. The first kappa shape index (κ1) is 23.0. The number of thioether (sulfide) groups is 1. The van der Waals surface area contributed by atoms with E-state index in [0.717, 1.165) is 43.7 Å². The molecular formula is C24H32N2O2S2. The number of benzene rings is 2. The number of nitrogens with one attached hydrogen (secondary N) is 1. The number of amides is 1. The van der Waals surface area contributed by atoms with Gasteiger partial charge in [-0.3, -0.25) is 4.79 Å². The van der Waals surface area contributed by atoms with E-state index in [1.54, 1.807) is 11.8 Å². The van der Waals surface area contributed by atoms with Crippen LogP contribution in [0.2, 0.25) is 0 Å². The summed E-state index contributed by atoms with van der Waals surface area (Å²) in [5.74, 6) is 1.06. The van der Waals surface area contributed by atoms with E-state index in [2.05, 4.69) is 65.3 Å². The molecule has 162 valence electrons. The van der Waals surface area contributed by atoms with E-state index < -0.39 is 0 Å². The van der Waals surface area contributed by atoms with Gasteiger partial charge in [-0.25, -0.2) is 4.31 Å². The Kier molecular flexibility index (Phi) is 8.97. The second-order valence-electron chi connectivity index (χ2n) is 7.76. The Balaban J connectivity index is 1.31. The van der Waals surface area contributed by atoms with Crippen LogP contribution in [0.25, 0.3) is 0 Å². The molecule has 1 fully saturated rings. The lowest BCUT2D eigenvalue weighted by Gasteiger charge is -2.31. The summed E-state index contributed by atoms with van der Waals surface area (Å²) in [4.78, 5) is 14.9. The summed E-state index contributed by atoms with van der Waals surface area (Å²) in [7, 11) is 0. The minimum atomic E-state index is 0.137. The zero-order valence-electron chi connectivity index (χ0n) is 18.1. The van der Waals surface area contributed by atoms with Gasteiger partial charge >= 0.3 is 0 Å². The van der Waals surface area contributed by atoms with Crippen molar-refractivity contribution in [3.8, 4) is 5.75 Å². The van der Waals surface area contributed by atoms with Crippen LogP contribution in [0.4, 0.5) is 0 Å². The molecule has 3 rings (SSSR count). The van der Waals surface area contributed by atoms with Gasteiger partial charge < -0.3 is 10.1 Å². The maximum Gasteiger partial charge on any atom is 0.220 e. The molecular weight excluding hydrogens is 412 g/mol. The average Bonchev–Trinajstić information content (AvgIpc) is 2.75. The maximum atomic E-state index is 12.3. The summed E-state index contributed by atoms with van der Waals surface area (Å²) >= 11 is 3.58. The number of hydrogen-bond acceptors (Lipinski definition) is 5. The molecule has 0 bridgehead atoms. The fourth-order valence-electron chi connectivity index (χ4n) is 3.45. The van der Waals surface area contributed by atoms with Gasteiger partial charge in [-0.05, 0) is 92.8 Å². The number of hydrogen-bond donors (Lipinski definition) is 1. The Morgan fingerprint density at radius 1 is 1.10 bits per heavy atom. The van der Waals surface area contributed by atoms with Gasteiger partial charge in [0.25, 0.3) is 0 Å². The average molecular weight is 445 g/mol. The van der Waals surface area contributed by atoms with Gasteiger partial charge in [0, 0.05) is 35.3 Å². The Labute approximate surface area is 189 Å². The molecule has 0 aromatic heterocycles. The number of piperidine rings is 1. The molecule has 2 aromatic rings. The number of rotatable bonds is 9. The van der Waals surface area contributed by atoms with Gasteiger partial charge in [-0.1, -0.05) is 12.1 Å². The Morgan fingerprint density at radius 3 is 2.50 bits per heavy atom. The number of carbonyl (C=O) groups is 1. The van der Waals surface area contributed by atoms with E-state index in [9.17, 15) is 4.79 Å². The van der Waals surface area contributed by atoms with Crippen LogP contribution in [0.5, 0.6) is 5.75 Å². The van der Waals surface area contributed by atoms with E-state index in [4.69, 9.17) is 4.74 Å². The Morgan fingerprint density at radius 2 is 1.80 bits per heavy atom. The molecule has 1 heterocycles. The minimum Gasteiger partial charge on any atom is -0.493 e. The molecule has 1 saturated heterocycles. The predicted molar refractivity (Wildman–Crippen MR) is 127 cm³/mol. The fraction of sp³-hybridized carbons (Fsp3) is 0.458. The van der Waals surface area contributed by atoms with Gasteiger partial charge in [0.1, 0.15) is 5.75 Å². The molecule has 1 aliphatic heterocycles. The van der Waals surface area contributed by atoms with Crippen LogP contribution in [-0.2, 0) is 4.79 Å². The largest absolute Gasteiger partial charge is 0.493 e. The van der Waals surface area contributed by atoms with Gasteiger partial charge in [0.05, 0.1) is 6.61 Å². The lowest BCUT2D eigenvalue weighted by molar-refractivity contribution is -0.122. The van der Waals surface area contributed by atoms with Crippen molar-refractivity contribution in [1.29, 1.82) is 0 Å². The minimum absolute atomic E-state index is 0.137. The number of nitrogens with zero attached hydrogens (tertiary/aromatic N) is 1. The van der Waals surface area contributed by atoms with Crippen LogP contribution < -0.4 is 10.1 Å². The summed E-state index contributed by atoms with van der Waals surface area (Å²) in [5, 5.41) is 3.20. The number of aryl methyl sites for hydroxylation is 2. The van der Waals surface area contributed by atoms with Crippen LogP contribution in [0.1, 0.15) is 36.8 Å². The Bertz CT molecular complexity index is 818. The molecule has 0 aliphatic carbocycles. The monoisotopic (exact) mass is 444 g/mol. The molecule has 0 unspecified atom stereocenters. The molecule has 4 nitrogen and oxygen atoms in total. The maximum absolute atomic E-state index is 12.3. The smallest absolute Gasteiger partial charge is 0.220 e. The topological polar surface area (TPSA) is 41.6 Å². The summed E-state index contributed by atoms with van der Waals surface area (Å²) in [6, 6.07) is 15.2. The molecule has 0 saturated carbocycles.